The van der Waals surface area contributed by atoms with Gasteiger partial charge in [0.2, 0.25) is 15.9 Å². The van der Waals surface area contributed by atoms with Crippen molar-refractivity contribution in [1.82, 2.24) is 5.32 Å². The highest BCUT2D eigenvalue weighted by Gasteiger charge is 2.24. The van der Waals surface area contributed by atoms with E-state index in [1.54, 1.807) is 69.5 Å². The molecule has 0 aliphatic rings. The number of rotatable bonds is 11. The molecule has 0 fully saturated rings. The van der Waals surface area contributed by atoms with Gasteiger partial charge in [0, 0.05) is 0 Å². The topological polar surface area (TPSA) is 94.2 Å². The fourth-order valence-electron chi connectivity index (χ4n) is 2.71. The Labute approximate surface area is 177 Å². The summed E-state index contributed by atoms with van der Waals surface area (Å²) in [6, 6.07) is 13.5. The Morgan fingerprint density at radius 1 is 1.07 bits per heavy atom. The highest BCUT2D eigenvalue weighted by atomic mass is 32.2. The molecule has 1 unspecified atom stereocenters. The van der Waals surface area contributed by atoms with Crippen LogP contribution in [0.4, 0.5) is 5.69 Å². The third-order valence-corrected chi connectivity index (χ3v) is 5.21. The Kier molecular flexibility index (Phi) is 8.35. The van der Waals surface area contributed by atoms with E-state index in [1.807, 2.05) is 0 Å². The van der Waals surface area contributed by atoms with E-state index in [2.05, 4.69) is 5.32 Å². The number of amides is 1. The summed E-state index contributed by atoms with van der Waals surface area (Å²) in [5, 5.41) is 2.76. The van der Waals surface area contributed by atoms with Crippen LogP contribution < -0.4 is 23.8 Å². The number of para-hydroxylation sites is 2. The second kappa shape index (κ2) is 10.7. The molecule has 9 heteroatoms. The number of carbonyl (C=O) groups is 1. The van der Waals surface area contributed by atoms with Gasteiger partial charge in [-0.25, -0.2) is 8.42 Å². The maximum atomic E-state index is 12.5. The van der Waals surface area contributed by atoms with Gasteiger partial charge in [0.1, 0.15) is 30.4 Å². The Hall–Kier alpha value is -2.94. The molecule has 164 valence electrons. The third kappa shape index (κ3) is 6.84. The molecular formula is C21H28N2O6S. The van der Waals surface area contributed by atoms with E-state index in [4.69, 9.17) is 14.2 Å². The zero-order valence-corrected chi connectivity index (χ0v) is 18.4. The smallest absolute Gasteiger partial charge is 0.241 e. The minimum atomic E-state index is -3.70. The average Bonchev–Trinajstić information content (AvgIpc) is 2.71. The van der Waals surface area contributed by atoms with Crippen LogP contribution in [-0.2, 0) is 14.8 Å². The summed E-state index contributed by atoms with van der Waals surface area (Å²) >= 11 is 0. The Morgan fingerprint density at radius 3 is 2.30 bits per heavy atom. The summed E-state index contributed by atoms with van der Waals surface area (Å²) in [5.41, 5.74) is 0.319. The van der Waals surface area contributed by atoms with Crippen molar-refractivity contribution in [3.8, 4) is 17.2 Å². The van der Waals surface area contributed by atoms with Gasteiger partial charge in [-0.2, -0.15) is 0 Å². The van der Waals surface area contributed by atoms with E-state index < -0.39 is 15.9 Å². The van der Waals surface area contributed by atoms with E-state index in [9.17, 15) is 13.2 Å². The first-order valence-electron chi connectivity index (χ1n) is 9.50. The van der Waals surface area contributed by atoms with Gasteiger partial charge in [0.05, 0.1) is 31.7 Å². The zero-order chi connectivity index (χ0) is 22.1. The Morgan fingerprint density at radius 2 is 1.70 bits per heavy atom. The van der Waals surface area contributed by atoms with Crippen LogP contribution in [0.15, 0.2) is 48.5 Å². The van der Waals surface area contributed by atoms with Crippen LogP contribution in [0.5, 0.6) is 17.2 Å². The normalized spacial score (nSPS) is 12.0. The van der Waals surface area contributed by atoms with Crippen molar-refractivity contribution < 1.29 is 27.4 Å². The van der Waals surface area contributed by atoms with Crippen molar-refractivity contribution in [3.05, 3.63) is 48.5 Å². The fourth-order valence-corrected chi connectivity index (χ4v) is 3.57. The summed E-state index contributed by atoms with van der Waals surface area (Å²) in [6.45, 7) is 3.82. The van der Waals surface area contributed by atoms with E-state index in [0.717, 1.165) is 16.3 Å². The predicted molar refractivity (Wildman–Crippen MR) is 116 cm³/mol. The van der Waals surface area contributed by atoms with E-state index in [0.29, 0.717) is 23.8 Å². The molecule has 2 aromatic carbocycles. The highest BCUT2D eigenvalue weighted by molar-refractivity contribution is 7.92. The number of sulfonamides is 1. The zero-order valence-electron chi connectivity index (χ0n) is 17.6. The number of ether oxygens (including phenoxy) is 3. The quantitative estimate of drug-likeness (QED) is 0.582. The second-order valence-electron chi connectivity index (χ2n) is 6.63. The van der Waals surface area contributed by atoms with Crippen molar-refractivity contribution in [2.45, 2.75) is 19.9 Å². The van der Waals surface area contributed by atoms with Gasteiger partial charge in [-0.15, -0.1) is 0 Å². The molecule has 2 rings (SSSR count). The molecule has 1 amide bonds. The molecule has 1 atom stereocenters. The van der Waals surface area contributed by atoms with Crippen molar-refractivity contribution in [2.75, 3.05) is 37.4 Å². The van der Waals surface area contributed by atoms with Crippen LogP contribution >= 0.6 is 0 Å². The molecule has 1 N–H and O–H groups in total. The summed E-state index contributed by atoms with van der Waals surface area (Å²) in [7, 11) is -2.12. The lowest BCUT2D eigenvalue weighted by Gasteiger charge is -2.25. The maximum Gasteiger partial charge on any atom is 0.241 e. The molecule has 0 radical (unpaired) electrons. The molecule has 0 spiro atoms. The van der Waals surface area contributed by atoms with Crippen molar-refractivity contribution >= 4 is 21.6 Å². The number of benzene rings is 2. The lowest BCUT2D eigenvalue weighted by atomic mass is 10.3. The minimum Gasteiger partial charge on any atom is -0.497 e. The first-order chi connectivity index (χ1) is 14.2. The molecule has 0 aromatic heterocycles. The van der Waals surface area contributed by atoms with E-state index in [1.165, 1.54) is 0 Å². The summed E-state index contributed by atoms with van der Waals surface area (Å²) in [6.07, 6.45) is 1.05. The van der Waals surface area contributed by atoms with Crippen LogP contribution in [0.3, 0.4) is 0 Å². The van der Waals surface area contributed by atoms with Crippen LogP contribution in [-0.4, -0.2) is 53.5 Å². The lowest BCUT2D eigenvalue weighted by Crippen LogP contribution is -2.45. The number of anilines is 1. The SMILES string of the molecule is CCOc1ccccc1N(CC(=O)NC(C)COc1ccc(OC)cc1)S(C)(=O)=O. The van der Waals surface area contributed by atoms with Gasteiger partial charge in [-0.3, -0.25) is 9.10 Å². The van der Waals surface area contributed by atoms with Gasteiger partial charge in [0.25, 0.3) is 0 Å². The minimum absolute atomic E-state index is 0.229. The molecule has 8 nitrogen and oxygen atoms in total. The molecule has 0 aliphatic heterocycles. The summed E-state index contributed by atoms with van der Waals surface area (Å²) in [4.78, 5) is 12.5. The van der Waals surface area contributed by atoms with Gasteiger partial charge in [0.15, 0.2) is 0 Å². The number of nitrogens with zero attached hydrogens (tertiary/aromatic N) is 1. The highest BCUT2D eigenvalue weighted by Crippen LogP contribution is 2.29. The molecule has 30 heavy (non-hydrogen) atoms. The molecule has 2 aromatic rings. The standard InChI is InChI=1S/C21H28N2O6S/c1-5-28-20-9-7-6-8-19(20)23(30(4,25)26)14-21(24)22-16(2)15-29-18-12-10-17(27-3)11-13-18/h6-13,16H,5,14-15H2,1-4H3,(H,22,24). The summed E-state index contributed by atoms with van der Waals surface area (Å²) < 4.78 is 42.0. The van der Waals surface area contributed by atoms with E-state index >= 15 is 0 Å². The number of carbonyl (C=O) groups excluding carboxylic acids is 1. The number of nitrogens with one attached hydrogen (secondary N) is 1. The first-order valence-corrected chi connectivity index (χ1v) is 11.3. The van der Waals surface area contributed by atoms with Gasteiger partial charge < -0.3 is 19.5 Å². The number of hydrogen-bond acceptors (Lipinski definition) is 6. The molecule has 0 aliphatic carbocycles. The lowest BCUT2D eigenvalue weighted by molar-refractivity contribution is -0.120. The summed E-state index contributed by atoms with van der Waals surface area (Å²) in [5.74, 6) is 1.31. The second-order valence-corrected chi connectivity index (χ2v) is 8.53. The number of hydrogen-bond donors (Lipinski definition) is 1. The molecular weight excluding hydrogens is 408 g/mol. The van der Waals surface area contributed by atoms with Crippen LogP contribution in [0.25, 0.3) is 0 Å². The third-order valence-electron chi connectivity index (χ3n) is 4.09. The van der Waals surface area contributed by atoms with Crippen molar-refractivity contribution in [2.24, 2.45) is 0 Å². The largest absolute Gasteiger partial charge is 0.497 e. The van der Waals surface area contributed by atoms with Gasteiger partial charge >= 0.3 is 0 Å². The molecule has 0 bridgehead atoms. The van der Waals surface area contributed by atoms with Crippen molar-refractivity contribution in [1.29, 1.82) is 0 Å². The van der Waals surface area contributed by atoms with Crippen LogP contribution in [0, 0.1) is 0 Å². The Bertz CT molecular complexity index is 931. The molecule has 0 saturated carbocycles. The average molecular weight is 437 g/mol. The monoisotopic (exact) mass is 436 g/mol. The van der Waals surface area contributed by atoms with Gasteiger partial charge in [-0.05, 0) is 50.2 Å². The first kappa shape index (κ1) is 23.3. The Balaban J connectivity index is 2.00. The predicted octanol–water partition coefficient (Wildman–Crippen LogP) is 2.44. The molecule has 0 heterocycles. The van der Waals surface area contributed by atoms with Crippen molar-refractivity contribution in [3.63, 3.8) is 0 Å². The van der Waals surface area contributed by atoms with E-state index in [-0.39, 0.29) is 19.2 Å². The fraction of sp³-hybridized carbons (Fsp3) is 0.381. The molecule has 0 saturated heterocycles. The van der Waals surface area contributed by atoms with Crippen LogP contribution in [0.2, 0.25) is 0 Å². The number of methoxy groups -OCH3 is 1. The maximum absolute atomic E-state index is 12.5. The van der Waals surface area contributed by atoms with Crippen LogP contribution in [0.1, 0.15) is 13.8 Å². The van der Waals surface area contributed by atoms with Gasteiger partial charge in [-0.1, -0.05) is 12.1 Å².